The van der Waals surface area contributed by atoms with Gasteiger partial charge in [0.1, 0.15) is 5.75 Å². The Labute approximate surface area is 184 Å². The highest BCUT2D eigenvalue weighted by molar-refractivity contribution is 7.92. The zero-order valence-corrected chi connectivity index (χ0v) is 18.3. The number of para-hydroxylation sites is 2. The van der Waals surface area contributed by atoms with Gasteiger partial charge in [-0.1, -0.05) is 18.2 Å². The molecule has 1 aromatic heterocycles. The Morgan fingerprint density at radius 1 is 1.06 bits per heavy atom. The molecular weight excluding hydrogens is 438 g/mol. The summed E-state index contributed by atoms with van der Waals surface area (Å²) >= 11 is 1.41. The molecule has 0 bridgehead atoms. The molecule has 0 saturated carbocycles. The van der Waals surface area contributed by atoms with E-state index in [4.69, 9.17) is 4.74 Å². The van der Waals surface area contributed by atoms with E-state index in [0.29, 0.717) is 22.7 Å². The summed E-state index contributed by atoms with van der Waals surface area (Å²) < 4.78 is 33.1. The van der Waals surface area contributed by atoms with Crippen molar-refractivity contribution < 1.29 is 22.7 Å². The normalized spacial score (nSPS) is 10.9. The molecular formula is C21H21N3O5S2. The fourth-order valence-electron chi connectivity index (χ4n) is 2.68. The van der Waals surface area contributed by atoms with E-state index in [2.05, 4.69) is 15.4 Å². The third-order valence-electron chi connectivity index (χ3n) is 4.20. The highest BCUT2D eigenvalue weighted by Gasteiger charge is 2.17. The number of amides is 2. The van der Waals surface area contributed by atoms with Crippen molar-refractivity contribution in [2.75, 3.05) is 23.7 Å². The third-order valence-corrected chi connectivity index (χ3v) is 6.25. The summed E-state index contributed by atoms with van der Waals surface area (Å²) in [6, 6.07) is 14.3. The number of carbonyl (C=O) groups excluding carboxylic acids is 2. The molecule has 31 heavy (non-hydrogen) atoms. The molecule has 0 aliphatic heterocycles. The van der Waals surface area contributed by atoms with Crippen LogP contribution >= 0.6 is 11.3 Å². The zero-order chi connectivity index (χ0) is 22.3. The lowest BCUT2D eigenvalue weighted by Crippen LogP contribution is -2.27. The highest BCUT2D eigenvalue weighted by atomic mass is 32.2. The molecule has 8 nitrogen and oxygen atoms in total. The largest absolute Gasteiger partial charge is 0.495 e. The summed E-state index contributed by atoms with van der Waals surface area (Å²) in [7, 11) is -2.44. The van der Waals surface area contributed by atoms with Gasteiger partial charge in [0.25, 0.3) is 15.9 Å². The first kappa shape index (κ1) is 22.3. The molecule has 3 rings (SSSR count). The van der Waals surface area contributed by atoms with Crippen LogP contribution in [0.3, 0.4) is 0 Å². The van der Waals surface area contributed by atoms with Crippen LogP contribution in [0.4, 0.5) is 11.4 Å². The van der Waals surface area contributed by atoms with Crippen molar-refractivity contribution >= 4 is 44.5 Å². The van der Waals surface area contributed by atoms with Crippen molar-refractivity contribution in [3.63, 3.8) is 0 Å². The van der Waals surface area contributed by atoms with Gasteiger partial charge in [0.2, 0.25) is 5.91 Å². The minimum Gasteiger partial charge on any atom is -0.495 e. The van der Waals surface area contributed by atoms with Gasteiger partial charge in [-0.3, -0.25) is 14.3 Å². The standard InChI is InChI=1S/C21H21N3O5S2/c1-29-19-8-3-2-7-18(19)24-31(27,28)17-6-4-5-16(13-17)23-20(25)9-11-22-21(26)15-10-12-30-14-15/h2-8,10,12-14,24H,9,11H2,1H3,(H,22,26)(H,23,25). The molecule has 2 amide bonds. The smallest absolute Gasteiger partial charge is 0.262 e. The number of nitrogens with one attached hydrogen (secondary N) is 3. The molecule has 0 aliphatic carbocycles. The van der Waals surface area contributed by atoms with Crippen LogP contribution in [-0.2, 0) is 14.8 Å². The number of sulfonamides is 1. The van der Waals surface area contributed by atoms with Gasteiger partial charge in [0.15, 0.2) is 0 Å². The SMILES string of the molecule is COc1ccccc1NS(=O)(=O)c1cccc(NC(=O)CCNC(=O)c2ccsc2)c1. The van der Waals surface area contributed by atoms with Gasteiger partial charge < -0.3 is 15.4 Å². The summed E-state index contributed by atoms with van der Waals surface area (Å²) in [5.41, 5.74) is 1.18. The van der Waals surface area contributed by atoms with E-state index in [9.17, 15) is 18.0 Å². The third kappa shape index (κ3) is 6.06. The molecule has 2 aromatic carbocycles. The number of hydrogen-bond donors (Lipinski definition) is 3. The number of thiophene rings is 1. The van der Waals surface area contributed by atoms with E-state index in [1.807, 2.05) is 0 Å². The van der Waals surface area contributed by atoms with Crippen molar-refractivity contribution in [3.8, 4) is 5.75 Å². The summed E-state index contributed by atoms with van der Waals surface area (Å²) in [5, 5.41) is 8.83. The second-order valence-corrected chi connectivity index (χ2v) is 8.86. The maximum Gasteiger partial charge on any atom is 0.262 e. The van der Waals surface area contributed by atoms with Crippen molar-refractivity contribution in [2.45, 2.75) is 11.3 Å². The van der Waals surface area contributed by atoms with Crippen molar-refractivity contribution in [3.05, 3.63) is 70.9 Å². The molecule has 1 heterocycles. The molecule has 3 aromatic rings. The van der Waals surface area contributed by atoms with Crippen LogP contribution in [0.15, 0.2) is 70.3 Å². The van der Waals surface area contributed by atoms with Gasteiger partial charge in [0.05, 0.1) is 17.7 Å². The average Bonchev–Trinajstić information content (AvgIpc) is 3.29. The topological polar surface area (TPSA) is 114 Å². The van der Waals surface area contributed by atoms with Gasteiger partial charge in [-0.15, -0.1) is 0 Å². The number of anilines is 2. The molecule has 0 radical (unpaired) electrons. The number of hydrogen-bond acceptors (Lipinski definition) is 6. The van der Waals surface area contributed by atoms with E-state index in [1.165, 1.54) is 36.6 Å². The number of ether oxygens (including phenoxy) is 1. The van der Waals surface area contributed by atoms with Crippen molar-refractivity contribution in [2.24, 2.45) is 0 Å². The van der Waals surface area contributed by atoms with Crippen LogP contribution in [0.5, 0.6) is 5.75 Å². The fourth-order valence-corrected chi connectivity index (χ4v) is 4.43. The van der Waals surface area contributed by atoms with E-state index in [1.54, 1.807) is 47.2 Å². The number of rotatable bonds is 9. The van der Waals surface area contributed by atoms with Crippen LogP contribution in [-0.4, -0.2) is 33.9 Å². The number of carbonyl (C=O) groups is 2. The van der Waals surface area contributed by atoms with E-state index in [0.717, 1.165) is 0 Å². The first-order valence-electron chi connectivity index (χ1n) is 9.25. The fraction of sp³-hybridized carbons (Fsp3) is 0.143. The van der Waals surface area contributed by atoms with Crippen LogP contribution in [0.25, 0.3) is 0 Å². The monoisotopic (exact) mass is 459 g/mol. The lowest BCUT2D eigenvalue weighted by atomic mass is 10.3. The van der Waals surface area contributed by atoms with Gasteiger partial charge in [0, 0.05) is 29.6 Å². The van der Waals surface area contributed by atoms with Crippen LogP contribution in [0, 0.1) is 0 Å². The maximum absolute atomic E-state index is 12.7. The molecule has 0 spiro atoms. The average molecular weight is 460 g/mol. The Balaban J connectivity index is 1.60. The summed E-state index contributed by atoms with van der Waals surface area (Å²) in [6.45, 7) is 0.161. The number of methoxy groups -OCH3 is 1. The Morgan fingerprint density at radius 2 is 1.87 bits per heavy atom. The first-order valence-corrected chi connectivity index (χ1v) is 11.7. The second-order valence-electron chi connectivity index (χ2n) is 6.40. The first-order chi connectivity index (χ1) is 14.9. The number of benzene rings is 2. The van der Waals surface area contributed by atoms with Crippen molar-refractivity contribution in [1.29, 1.82) is 0 Å². The zero-order valence-electron chi connectivity index (χ0n) is 16.6. The van der Waals surface area contributed by atoms with E-state index < -0.39 is 10.0 Å². The molecule has 0 atom stereocenters. The van der Waals surface area contributed by atoms with Crippen LogP contribution in [0.2, 0.25) is 0 Å². The van der Waals surface area contributed by atoms with Gasteiger partial charge in [-0.05, 0) is 41.8 Å². The Morgan fingerprint density at radius 3 is 2.61 bits per heavy atom. The molecule has 0 fully saturated rings. The molecule has 0 unspecified atom stereocenters. The summed E-state index contributed by atoms with van der Waals surface area (Å²) in [5.74, 6) is -0.206. The second kappa shape index (κ2) is 10.1. The van der Waals surface area contributed by atoms with E-state index in [-0.39, 0.29) is 29.7 Å². The predicted molar refractivity (Wildman–Crippen MR) is 120 cm³/mol. The summed E-state index contributed by atoms with van der Waals surface area (Å²) in [6.07, 6.45) is 0.0479. The molecule has 0 aliphatic rings. The van der Waals surface area contributed by atoms with Crippen molar-refractivity contribution in [1.82, 2.24) is 5.32 Å². The minimum atomic E-state index is -3.89. The van der Waals surface area contributed by atoms with Gasteiger partial charge in [-0.2, -0.15) is 11.3 Å². The Kier molecular flexibility index (Phi) is 7.27. The lowest BCUT2D eigenvalue weighted by molar-refractivity contribution is -0.116. The van der Waals surface area contributed by atoms with Crippen LogP contribution in [0.1, 0.15) is 16.8 Å². The quantitative estimate of drug-likeness (QED) is 0.454. The van der Waals surface area contributed by atoms with Gasteiger partial charge >= 0.3 is 0 Å². The summed E-state index contributed by atoms with van der Waals surface area (Å²) in [4.78, 5) is 24.0. The van der Waals surface area contributed by atoms with Gasteiger partial charge in [-0.25, -0.2) is 8.42 Å². The predicted octanol–water partition coefficient (Wildman–Crippen LogP) is 3.32. The highest BCUT2D eigenvalue weighted by Crippen LogP contribution is 2.26. The van der Waals surface area contributed by atoms with Crippen LogP contribution < -0.4 is 20.1 Å². The molecule has 0 saturated heterocycles. The maximum atomic E-state index is 12.7. The molecule has 10 heteroatoms. The Hall–Kier alpha value is -3.37. The Bertz CT molecular complexity index is 1160. The van der Waals surface area contributed by atoms with E-state index >= 15 is 0 Å². The lowest BCUT2D eigenvalue weighted by Gasteiger charge is -2.12. The molecule has 162 valence electrons. The molecule has 3 N–H and O–H groups in total. The minimum absolute atomic E-state index is 0.0121.